The van der Waals surface area contributed by atoms with Crippen molar-refractivity contribution in [1.82, 2.24) is 30.3 Å². The monoisotopic (exact) mass is 342 g/mol. The van der Waals surface area contributed by atoms with Gasteiger partial charge in [-0.2, -0.15) is 5.10 Å². The number of carbonyl (C=O) groups is 1. The summed E-state index contributed by atoms with van der Waals surface area (Å²) in [6.45, 7) is 5.59. The summed E-state index contributed by atoms with van der Waals surface area (Å²) in [5.41, 5.74) is 2.08. The maximum atomic E-state index is 12.0. The molecule has 3 heterocycles. The lowest BCUT2D eigenvalue weighted by molar-refractivity contribution is 0.0504. The summed E-state index contributed by atoms with van der Waals surface area (Å²) in [6.07, 6.45) is 5.84. The molecule has 3 aromatic rings. The number of aromatic nitrogens is 5. The van der Waals surface area contributed by atoms with Crippen molar-refractivity contribution in [3.63, 3.8) is 0 Å². The van der Waals surface area contributed by atoms with Crippen LogP contribution >= 0.6 is 0 Å². The Morgan fingerprint density at radius 2 is 2.20 bits per heavy atom. The number of carbonyl (C=O) groups excluding carboxylic acids is 1. The van der Waals surface area contributed by atoms with Crippen molar-refractivity contribution in [3.8, 4) is 0 Å². The summed E-state index contributed by atoms with van der Waals surface area (Å²) in [5, 5.41) is 11.4. The van der Waals surface area contributed by atoms with Gasteiger partial charge in [0.15, 0.2) is 5.65 Å². The third-order valence-corrected chi connectivity index (χ3v) is 4.50. The minimum Gasteiger partial charge on any atom is -0.444 e. The van der Waals surface area contributed by atoms with Crippen molar-refractivity contribution in [2.24, 2.45) is 0 Å². The van der Waals surface area contributed by atoms with Gasteiger partial charge in [0.05, 0.1) is 17.8 Å². The van der Waals surface area contributed by atoms with E-state index in [1.54, 1.807) is 12.4 Å². The van der Waals surface area contributed by atoms with E-state index < -0.39 is 5.60 Å². The lowest BCUT2D eigenvalue weighted by atomic mass is 10.2. The average molecular weight is 342 g/mol. The molecular weight excluding hydrogens is 320 g/mol. The molecule has 0 bridgehead atoms. The van der Waals surface area contributed by atoms with E-state index in [-0.39, 0.29) is 18.2 Å². The summed E-state index contributed by atoms with van der Waals surface area (Å²) in [5.74, 6) is 0. The first-order valence-electron chi connectivity index (χ1n) is 8.56. The van der Waals surface area contributed by atoms with Crippen molar-refractivity contribution < 1.29 is 9.53 Å². The zero-order valence-corrected chi connectivity index (χ0v) is 14.6. The molecule has 2 N–H and O–H groups in total. The van der Waals surface area contributed by atoms with Gasteiger partial charge in [-0.1, -0.05) is 0 Å². The Morgan fingerprint density at radius 1 is 1.36 bits per heavy atom. The maximum Gasteiger partial charge on any atom is 0.407 e. The number of hydrogen-bond donors (Lipinski definition) is 2. The number of aromatic amines is 1. The number of nitrogens with zero attached hydrogens (tertiary/aromatic N) is 4. The highest BCUT2D eigenvalue weighted by atomic mass is 16.6. The van der Waals surface area contributed by atoms with Crippen molar-refractivity contribution in [1.29, 1.82) is 0 Å². The fourth-order valence-electron chi connectivity index (χ4n) is 3.49. The molecule has 4 rings (SSSR count). The molecular formula is C17H22N6O2. The maximum absolute atomic E-state index is 12.0. The van der Waals surface area contributed by atoms with Crippen LogP contribution in [0.4, 0.5) is 4.79 Å². The molecule has 3 aromatic heterocycles. The smallest absolute Gasteiger partial charge is 0.407 e. The Bertz CT molecular complexity index is 922. The van der Waals surface area contributed by atoms with Gasteiger partial charge >= 0.3 is 6.09 Å². The molecule has 0 aromatic carbocycles. The number of alkyl carbamates (subject to hydrolysis) is 1. The van der Waals surface area contributed by atoms with Gasteiger partial charge in [-0.05, 0) is 46.1 Å². The number of pyridine rings is 1. The molecule has 0 saturated heterocycles. The Hall–Kier alpha value is -2.64. The number of fused-ring (bicyclic) bond motifs is 3. The zero-order chi connectivity index (χ0) is 17.6. The van der Waals surface area contributed by atoms with Gasteiger partial charge < -0.3 is 10.1 Å². The highest BCUT2D eigenvalue weighted by Gasteiger charge is 2.30. The quantitative estimate of drug-likeness (QED) is 0.746. The summed E-state index contributed by atoms with van der Waals surface area (Å²) in [7, 11) is 0. The molecule has 0 aliphatic heterocycles. The Labute approximate surface area is 144 Å². The predicted molar refractivity (Wildman–Crippen MR) is 93.2 cm³/mol. The van der Waals surface area contributed by atoms with Crippen LogP contribution in [0.3, 0.4) is 0 Å². The van der Waals surface area contributed by atoms with Crippen LogP contribution in [0.2, 0.25) is 0 Å². The van der Waals surface area contributed by atoms with Gasteiger partial charge in [0.2, 0.25) is 0 Å². The lowest BCUT2D eigenvalue weighted by Gasteiger charge is -2.21. The standard InChI is InChI=1S/C17H22N6O2/c1-17(2,3)25-16(24)20-10-4-5-11(8-10)23-14-12-6-7-18-15(12)19-9-13(14)21-22-23/h6-7,9-11,22H,4-5,8H2,1-3H3,(H,20,24)/t10-,11-/m1/s1. The largest absolute Gasteiger partial charge is 0.444 e. The second-order valence-corrected chi connectivity index (χ2v) is 7.57. The van der Waals surface area contributed by atoms with Crippen LogP contribution in [-0.4, -0.2) is 42.7 Å². The van der Waals surface area contributed by atoms with Gasteiger partial charge in [-0.3, -0.25) is 4.68 Å². The Morgan fingerprint density at radius 3 is 3.00 bits per heavy atom. The molecule has 0 spiro atoms. The number of rotatable bonds is 2. The van der Waals surface area contributed by atoms with Gasteiger partial charge in [-0.25, -0.2) is 20.0 Å². The van der Waals surface area contributed by atoms with E-state index in [4.69, 9.17) is 4.74 Å². The Balaban J connectivity index is 1.53. The molecule has 8 nitrogen and oxygen atoms in total. The van der Waals surface area contributed by atoms with E-state index in [2.05, 4.69) is 30.3 Å². The van der Waals surface area contributed by atoms with Gasteiger partial charge in [0.25, 0.3) is 0 Å². The lowest BCUT2D eigenvalue weighted by Crippen LogP contribution is -2.38. The minimum atomic E-state index is -0.486. The minimum absolute atomic E-state index is 0.0980. The number of H-pyrrole nitrogens is 1. The Kier molecular flexibility index (Phi) is 3.63. The summed E-state index contributed by atoms with van der Waals surface area (Å²) in [4.78, 5) is 20.6. The van der Waals surface area contributed by atoms with Crippen molar-refractivity contribution in [2.75, 3.05) is 0 Å². The summed E-state index contributed by atoms with van der Waals surface area (Å²) in [6, 6.07) is 2.30. The second kappa shape index (κ2) is 5.72. The fraction of sp³-hybridized carbons (Fsp3) is 0.529. The topological polar surface area (TPSA) is 97.7 Å². The molecule has 8 heteroatoms. The third kappa shape index (κ3) is 3.04. The van der Waals surface area contributed by atoms with Crippen molar-refractivity contribution in [3.05, 3.63) is 18.5 Å². The van der Waals surface area contributed by atoms with Crippen molar-refractivity contribution in [2.45, 2.75) is 57.7 Å². The predicted octanol–water partition coefficient (Wildman–Crippen LogP) is 2.93. The molecule has 0 radical (unpaired) electrons. The summed E-state index contributed by atoms with van der Waals surface area (Å²) < 4.78 is 7.43. The SMILES string of the molecule is CC(C)(C)OC(=O)N[C@@H]1CC[C@@H](n2[nH]nc3cnc4nccc4c32)C1. The number of hydrogen-bond acceptors (Lipinski definition) is 5. The summed E-state index contributed by atoms with van der Waals surface area (Å²) >= 11 is 0. The van der Waals surface area contributed by atoms with Crippen LogP contribution in [0.25, 0.3) is 22.1 Å². The zero-order valence-electron chi connectivity index (χ0n) is 14.6. The van der Waals surface area contributed by atoms with E-state index in [1.165, 1.54) is 0 Å². The van der Waals surface area contributed by atoms with Crippen LogP contribution in [-0.2, 0) is 4.74 Å². The average Bonchev–Trinajstić information content (AvgIpc) is 3.22. The number of nitrogens with one attached hydrogen (secondary N) is 2. The first-order chi connectivity index (χ1) is 11.9. The van der Waals surface area contributed by atoms with Crippen LogP contribution in [0.1, 0.15) is 46.1 Å². The van der Waals surface area contributed by atoms with E-state index >= 15 is 0 Å². The molecule has 132 valence electrons. The second-order valence-electron chi connectivity index (χ2n) is 7.57. The first-order valence-corrected chi connectivity index (χ1v) is 8.56. The van der Waals surface area contributed by atoms with Gasteiger partial charge in [-0.15, -0.1) is 0 Å². The van der Waals surface area contributed by atoms with Crippen molar-refractivity contribution >= 4 is 28.2 Å². The molecule has 1 fully saturated rings. The highest BCUT2D eigenvalue weighted by Crippen LogP contribution is 2.33. The van der Waals surface area contributed by atoms with Crippen LogP contribution in [0, 0.1) is 0 Å². The molecule has 1 saturated carbocycles. The molecule has 0 unspecified atom stereocenters. The molecule has 1 aliphatic carbocycles. The molecule has 1 amide bonds. The number of amides is 1. The van der Waals surface area contributed by atoms with Crippen LogP contribution in [0.15, 0.2) is 18.5 Å². The third-order valence-electron chi connectivity index (χ3n) is 4.50. The van der Waals surface area contributed by atoms with Crippen LogP contribution in [0.5, 0.6) is 0 Å². The normalized spacial score (nSPS) is 21.1. The van der Waals surface area contributed by atoms with Crippen LogP contribution < -0.4 is 5.32 Å². The fourth-order valence-corrected chi connectivity index (χ4v) is 3.49. The first kappa shape index (κ1) is 15.9. The van der Waals surface area contributed by atoms with Gasteiger partial charge in [0.1, 0.15) is 11.1 Å². The van der Waals surface area contributed by atoms with E-state index in [0.29, 0.717) is 0 Å². The van der Waals surface area contributed by atoms with Gasteiger partial charge in [0, 0.05) is 17.6 Å². The van der Waals surface area contributed by atoms with E-state index in [9.17, 15) is 4.79 Å². The highest BCUT2D eigenvalue weighted by molar-refractivity contribution is 6.00. The molecule has 2 atom stereocenters. The number of ether oxygens (including phenoxy) is 1. The van der Waals surface area contributed by atoms with E-state index in [1.807, 2.05) is 26.8 Å². The molecule has 25 heavy (non-hydrogen) atoms. The molecule has 1 aliphatic rings. The van der Waals surface area contributed by atoms with E-state index in [0.717, 1.165) is 41.3 Å².